The predicted octanol–water partition coefficient (Wildman–Crippen LogP) is 3.82. The molecule has 0 radical (unpaired) electrons. The number of carbonyl (C=O) groups is 1. The van der Waals surface area contributed by atoms with Gasteiger partial charge in [0.25, 0.3) is 0 Å². The average molecular weight is 277 g/mol. The first kappa shape index (κ1) is 13.7. The molecule has 4 heteroatoms. The molecule has 0 spiro atoms. The van der Waals surface area contributed by atoms with E-state index in [0.717, 1.165) is 15.3 Å². The summed E-state index contributed by atoms with van der Waals surface area (Å²) in [5.74, 6) is -0.288. The lowest BCUT2D eigenvalue weighted by atomic mass is 10.1. The summed E-state index contributed by atoms with van der Waals surface area (Å²) < 4.78 is 13.6. The highest BCUT2D eigenvalue weighted by Gasteiger charge is 2.15. The number of ketones is 1. The third kappa shape index (κ3) is 3.01. The summed E-state index contributed by atoms with van der Waals surface area (Å²) in [7, 11) is 1.73. The normalized spacial score (nSPS) is 10.5. The maximum absolute atomic E-state index is 13.6. The molecule has 100 valence electrons. The molecule has 1 heterocycles. The van der Waals surface area contributed by atoms with Crippen LogP contribution in [-0.4, -0.2) is 19.4 Å². The summed E-state index contributed by atoms with van der Waals surface area (Å²) in [5, 5.41) is 0. The molecule has 2 nitrogen and oxygen atoms in total. The maximum atomic E-state index is 13.6. The lowest BCUT2D eigenvalue weighted by molar-refractivity contribution is 0.1000. The number of rotatable bonds is 4. The van der Waals surface area contributed by atoms with Crippen LogP contribution in [0.5, 0.6) is 0 Å². The Morgan fingerprint density at radius 2 is 2.00 bits per heavy atom. The van der Waals surface area contributed by atoms with E-state index in [0.29, 0.717) is 5.69 Å². The third-order valence-electron chi connectivity index (χ3n) is 2.99. The zero-order valence-electron chi connectivity index (χ0n) is 11.2. The van der Waals surface area contributed by atoms with E-state index in [1.165, 1.54) is 6.07 Å². The van der Waals surface area contributed by atoms with Crippen molar-refractivity contribution in [3.63, 3.8) is 0 Å². The molecule has 0 aliphatic rings. The SMILES string of the molecule is Cc1cc(C(=O)CN(C)c2ccccc2F)c(C)s1. The van der Waals surface area contributed by atoms with Crippen LogP contribution >= 0.6 is 11.3 Å². The van der Waals surface area contributed by atoms with Crippen LogP contribution in [-0.2, 0) is 0 Å². The average Bonchev–Trinajstić information content (AvgIpc) is 2.69. The number of aryl methyl sites for hydroxylation is 2. The van der Waals surface area contributed by atoms with Crippen LogP contribution in [0.4, 0.5) is 10.1 Å². The van der Waals surface area contributed by atoms with Crippen molar-refractivity contribution < 1.29 is 9.18 Å². The standard InChI is InChI=1S/C15H16FNOS/c1-10-8-12(11(2)19-10)15(18)9-17(3)14-7-5-4-6-13(14)16/h4-8H,9H2,1-3H3. The molecule has 0 atom stereocenters. The minimum atomic E-state index is -0.309. The second-order valence-electron chi connectivity index (χ2n) is 4.56. The predicted molar refractivity (Wildman–Crippen MR) is 77.8 cm³/mol. The first-order chi connectivity index (χ1) is 8.99. The van der Waals surface area contributed by atoms with Gasteiger partial charge in [0.05, 0.1) is 12.2 Å². The molecule has 1 aromatic heterocycles. The number of hydrogen-bond donors (Lipinski definition) is 0. The van der Waals surface area contributed by atoms with Crippen molar-refractivity contribution in [3.05, 3.63) is 51.5 Å². The number of anilines is 1. The van der Waals surface area contributed by atoms with Crippen molar-refractivity contribution in [2.45, 2.75) is 13.8 Å². The van der Waals surface area contributed by atoms with Gasteiger partial charge in [0.15, 0.2) is 5.78 Å². The summed E-state index contributed by atoms with van der Waals surface area (Å²) in [6.07, 6.45) is 0. The molecule has 0 bridgehead atoms. The molecule has 19 heavy (non-hydrogen) atoms. The summed E-state index contributed by atoms with van der Waals surface area (Å²) >= 11 is 1.61. The quantitative estimate of drug-likeness (QED) is 0.792. The summed E-state index contributed by atoms with van der Waals surface area (Å²) in [5.41, 5.74) is 1.19. The van der Waals surface area contributed by atoms with Crippen molar-refractivity contribution in [1.29, 1.82) is 0 Å². The van der Waals surface area contributed by atoms with Crippen LogP contribution in [0.3, 0.4) is 0 Å². The van der Waals surface area contributed by atoms with Gasteiger partial charge < -0.3 is 4.90 Å². The van der Waals surface area contributed by atoms with E-state index in [-0.39, 0.29) is 18.1 Å². The lowest BCUT2D eigenvalue weighted by Crippen LogP contribution is -2.26. The molecule has 0 unspecified atom stereocenters. The van der Waals surface area contributed by atoms with Crippen LogP contribution in [0, 0.1) is 19.7 Å². The van der Waals surface area contributed by atoms with Gasteiger partial charge in [0.1, 0.15) is 5.82 Å². The smallest absolute Gasteiger partial charge is 0.183 e. The monoisotopic (exact) mass is 277 g/mol. The van der Waals surface area contributed by atoms with Crippen LogP contribution in [0.2, 0.25) is 0 Å². The van der Waals surface area contributed by atoms with E-state index in [4.69, 9.17) is 0 Å². The van der Waals surface area contributed by atoms with Crippen LogP contribution in [0.25, 0.3) is 0 Å². The molecule has 2 rings (SSSR count). The Labute approximate surface area is 116 Å². The number of benzene rings is 1. The number of para-hydroxylation sites is 1. The number of nitrogens with zero attached hydrogens (tertiary/aromatic N) is 1. The second-order valence-corrected chi connectivity index (χ2v) is 6.02. The first-order valence-electron chi connectivity index (χ1n) is 6.05. The van der Waals surface area contributed by atoms with Gasteiger partial charge in [-0.15, -0.1) is 11.3 Å². The highest BCUT2D eigenvalue weighted by atomic mass is 32.1. The second kappa shape index (κ2) is 5.53. The molecular weight excluding hydrogens is 261 g/mol. The summed E-state index contributed by atoms with van der Waals surface area (Å²) in [6, 6.07) is 8.38. The maximum Gasteiger partial charge on any atom is 0.183 e. The number of hydrogen-bond acceptors (Lipinski definition) is 3. The summed E-state index contributed by atoms with van der Waals surface area (Å²) in [6.45, 7) is 4.10. The van der Waals surface area contributed by atoms with Crippen LogP contribution in [0.15, 0.2) is 30.3 Å². The molecule has 0 aliphatic heterocycles. The largest absolute Gasteiger partial charge is 0.365 e. The number of likely N-dealkylation sites (N-methyl/N-ethyl adjacent to an activating group) is 1. The Morgan fingerprint density at radius 3 is 2.58 bits per heavy atom. The van der Waals surface area contributed by atoms with E-state index in [1.807, 2.05) is 19.9 Å². The molecule has 0 aliphatic carbocycles. The Balaban J connectivity index is 2.15. The van der Waals surface area contributed by atoms with E-state index < -0.39 is 0 Å². The molecule has 1 aromatic carbocycles. The van der Waals surface area contributed by atoms with Crippen molar-refractivity contribution in [2.24, 2.45) is 0 Å². The van der Waals surface area contributed by atoms with Gasteiger partial charge in [-0.3, -0.25) is 4.79 Å². The van der Waals surface area contributed by atoms with E-state index in [1.54, 1.807) is 41.5 Å². The number of halogens is 1. The zero-order chi connectivity index (χ0) is 14.0. The Kier molecular flexibility index (Phi) is 4.00. The molecular formula is C15H16FNOS. The number of thiophene rings is 1. The van der Waals surface area contributed by atoms with Crippen molar-refractivity contribution >= 4 is 22.8 Å². The summed E-state index contributed by atoms with van der Waals surface area (Å²) in [4.78, 5) is 16.0. The van der Waals surface area contributed by atoms with Crippen molar-refractivity contribution in [2.75, 3.05) is 18.5 Å². The van der Waals surface area contributed by atoms with Gasteiger partial charge in [-0.2, -0.15) is 0 Å². The number of Topliss-reactive ketones (excluding diaryl/α,β-unsaturated/α-hetero) is 1. The number of carbonyl (C=O) groups excluding carboxylic acids is 1. The fourth-order valence-corrected chi connectivity index (χ4v) is 3.00. The highest BCUT2D eigenvalue weighted by Crippen LogP contribution is 2.22. The lowest BCUT2D eigenvalue weighted by Gasteiger charge is -2.18. The van der Waals surface area contributed by atoms with Gasteiger partial charge in [-0.1, -0.05) is 12.1 Å². The van der Waals surface area contributed by atoms with Gasteiger partial charge in [0, 0.05) is 22.4 Å². The molecule has 2 aromatic rings. The van der Waals surface area contributed by atoms with Crippen LogP contribution < -0.4 is 4.90 Å². The zero-order valence-corrected chi connectivity index (χ0v) is 12.1. The van der Waals surface area contributed by atoms with E-state index >= 15 is 0 Å². The highest BCUT2D eigenvalue weighted by molar-refractivity contribution is 7.12. The minimum absolute atomic E-state index is 0.0209. The minimum Gasteiger partial charge on any atom is -0.365 e. The molecule has 0 saturated heterocycles. The molecule has 0 saturated carbocycles. The van der Waals surface area contributed by atoms with E-state index in [2.05, 4.69) is 0 Å². The molecule has 0 amide bonds. The third-order valence-corrected chi connectivity index (χ3v) is 3.95. The Bertz CT molecular complexity index is 606. The molecule has 0 N–H and O–H groups in total. The van der Waals surface area contributed by atoms with Crippen molar-refractivity contribution in [3.8, 4) is 0 Å². The fraction of sp³-hybridized carbons (Fsp3) is 0.267. The van der Waals surface area contributed by atoms with Gasteiger partial charge in [-0.05, 0) is 32.0 Å². The Morgan fingerprint density at radius 1 is 1.32 bits per heavy atom. The Hall–Kier alpha value is -1.68. The van der Waals surface area contributed by atoms with Gasteiger partial charge in [-0.25, -0.2) is 4.39 Å². The topological polar surface area (TPSA) is 20.3 Å². The van der Waals surface area contributed by atoms with Crippen molar-refractivity contribution in [1.82, 2.24) is 0 Å². The van der Waals surface area contributed by atoms with Crippen LogP contribution in [0.1, 0.15) is 20.1 Å². The van der Waals surface area contributed by atoms with E-state index in [9.17, 15) is 9.18 Å². The first-order valence-corrected chi connectivity index (χ1v) is 6.86. The fourth-order valence-electron chi connectivity index (χ4n) is 2.05. The van der Waals surface area contributed by atoms with Gasteiger partial charge in [0.2, 0.25) is 0 Å². The molecule has 0 fully saturated rings. The van der Waals surface area contributed by atoms with Gasteiger partial charge >= 0.3 is 0 Å².